The van der Waals surface area contributed by atoms with Crippen LogP contribution in [0.5, 0.6) is 0 Å². The first-order chi connectivity index (χ1) is 8.99. The van der Waals surface area contributed by atoms with Crippen molar-refractivity contribution in [1.82, 2.24) is 14.7 Å². The molecule has 0 bridgehead atoms. The van der Waals surface area contributed by atoms with Gasteiger partial charge in [0.05, 0.1) is 26.7 Å². The molecule has 4 nitrogen and oxygen atoms in total. The molecule has 0 saturated heterocycles. The summed E-state index contributed by atoms with van der Waals surface area (Å²) in [6.07, 6.45) is 1.08. The quantitative estimate of drug-likeness (QED) is 0.826. The van der Waals surface area contributed by atoms with Crippen LogP contribution in [-0.2, 0) is 6.54 Å². The van der Waals surface area contributed by atoms with Gasteiger partial charge in [-0.2, -0.15) is 5.10 Å². The molecule has 2 aromatic rings. The van der Waals surface area contributed by atoms with Gasteiger partial charge in [-0.25, -0.2) is 0 Å². The molecule has 1 atom stereocenters. The molecule has 0 aliphatic heterocycles. The van der Waals surface area contributed by atoms with Crippen molar-refractivity contribution in [3.05, 3.63) is 37.2 Å². The summed E-state index contributed by atoms with van der Waals surface area (Å²) in [5.74, 6) is 0. The Morgan fingerprint density at radius 2 is 2.16 bits per heavy atom. The maximum Gasteiger partial charge on any atom is 0.131 e. The van der Waals surface area contributed by atoms with Gasteiger partial charge >= 0.3 is 0 Å². The molecule has 0 fully saturated rings. The van der Waals surface area contributed by atoms with Gasteiger partial charge in [0.15, 0.2) is 0 Å². The fraction of sp³-hybridized carbons (Fsp3) is 0.417. The molecule has 1 unspecified atom stereocenters. The topological polar surface area (TPSA) is 41.3 Å². The van der Waals surface area contributed by atoms with E-state index in [4.69, 9.17) is 0 Å². The van der Waals surface area contributed by atoms with Gasteiger partial charge in [0.25, 0.3) is 0 Å². The highest BCUT2D eigenvalue weighted by molar-refractivity contribution is 9.11. The van der Waals surface area contributed by atoms with Crippen LogP contribution in [0.25, 0.3) is 0 Å². The van der Waals surface area contributed by atoms with E-state index in [1.807, 2.05) is 30.9 Å². The number of aliphatic hydroxyl groups is 1. The molecule has 7 heteroatoms. The smallest absolute Gasteiger partial charge is 0.131 e. The van der Waals surface area contributed by atoms with E-state index < -0.39 is 6.10 Å². The number of hydrogen-bond acceptors (Lipinski definition) is 4. The lowest BCUT2D eigenvalue weighted by atomic mass is 10.2. The largest absolute Gasteiger partial charge is 0.381 e. The number of thiophene rings is 1. The lowest BCUT2D eigenvalue weighted by Gasteiger charge is -2.15. The van der Waals surface area contributed by atoms with Crippen molar-refractivity contribution < 1.29 is 5.11 Å². The molecule has 2 rings (SSSR count). The van der Waals surface area contributed by atoms with Gasteiger partial charge in [-0.15, -0.1) is 11.3 Å². The maximum absolute atomic E-state index is 10.5. The molecule has 2 heterocycles. The monoisotopic (exact) mass is 407 g/mol. The Hall–Kier alpha value is -0.210. The summed E-state index contributed by atoms with van der Waals surface area (Å²) in [5, 5.41) is 14.8. The Labute approximate surface area is 133 Å². The van der Waals surface area contributed by atoms with Crippen molar-refractivity contribution in [3.63, 3.8) is 0 Å². The molecule has 0 amide bonds. The highest BCUT2D eigenvalue weighted by atomic mass is 79.9. The fourth-order valence-electron chi connectivity index (χ4n) is 1.73. The van der Waals surface area contributed by atoms with E-state index >= 15 is 0 Å². The number of aromatic nitrogens is 2. The van der Waals surface area contributed by atoms with Gasteiger partial charge < -0.3 is 10.0 Å². The fourth-order valence-corrected chi connectivity index (χ4v) is 3.65. The molecular formula is C12H15Br2N3OS. The van der Waals surface area contributed by atoms with Crippen LogP contribution in [0.3, 0.4) is 0 Å². The SMILES string of the molecule is CN(C)CCn1ncc(Br)c1C(O)c1ccc(Br)s1. The Morgan fingerprint density at radius 3 is 2.74 bits per heavy atom. The van der Waals surface area contributed by atoms with Crippen LogP contribution in [-0.4, -0.2) is 40.4 Å². The summed E-state index contributed by atoms with van der Waals surface area (Å²) < 4.78 is 3.70. The highest BCUT2D eigenvalue weighted by Gasteiger charge is 2.21. The minimum Gasteiger partial charge on any atom is -0.381 e. The van der Waals surface area contributed by atoms with Crippen LogP contribution in [0.15, 0.2) is 26.6 Å². The lowest BCUT2D eigenvalue weighted by Crippen LogP contribution is -2.21. The van der Waals surface area contributed by atoms with Gasteiger partial charge in [0, 0.05) is 11.4 Å². The van der Waals surface area contributed by atoms with Crippen molar-refractivity contribution in [1.29, 1.82) is 0 Å². The molecular weight excluding hydrogens is 394 g/mol. The first-order valence-electron chi connectivity index (χ1n) is 5.78. The summed E-state index contributed by atoms with van der Waals surface area (Å²) >= 11 is 8.41. The third-order valence-corrected chi connectivity index (χ3v) is 5.00. The van der Waals surface area contributed by atoms with Gasteiger partial charge in [0.2, 0.25) is 0 Å². The summed E-state index contributed by atoms with van der Waals surface area (Å²) in [7, 11) is 4.04. The second-order valence-corrected chi connectivity index (χ2v) is 7.80. The average molecular weight is 409 g/mol. The third kappa shape index (κ3) is 3.66. The van der Waals surface area contributed by atoms with E-state index in [0.717, 1.165) is 31.9 Å². The molecule has 0 aromatic carbocycles. The van der Waals surface area contributed by atoms with Crippen molar-refractivity contribution in [2.45, 2.75) is 12.6 Å². The standard InChI is InChI=1S/C12H15Br2N3OS/c1-16(2)5-6-17-11(8(13)7-15-17)12(18)9-3-4-10(14)19-9/h3-4,7,12,18H,5-6H2,1-2H3. The lowest BCUT2D eigenvalue weighted by molar-refractivity contribution is 0.208. The van der Waals surface area contributed by atoms with E-state index in [1.165, 1.54) is 11.3 Å². The van der Waals surface area contributed by atoms with Crippen molar-refractivity contribution in [3.8, 4) is 0 Å². The van der Waals surface area contributed by atoms with Crippen LogP contribution < -0.4 is 0 Å². The zero-order valence-corrected chi connectivity index (χ0v) is 14.7. The second-order valence-electron chi connectivity index (χ2n) is 4.45. The van der Waals surface area contributed by atoms with Gasteiger partial charge in [0.1, 0.15) is 6.10 Å². The van der Waals surface area contributed by atoms with Crippen LogP contribution in [0, 0.1) is 0 Å². The molecule has 104 valence electrons. The molecule has 0 aliphatic carbocycles. The molecule has 0 saturated carbocycles. The first-order valence-corrected chi connectivity index (χ1v) is 8.18. The van der Waals surface area contributed by atoms with Gasteiger partial charge in [-0.05, 0) is 58.1 Å². The van der Waals surface area contributed by atoms with E-state index in [2.05, 4.69) is 41.9 Å². The van der Waals surface area contributed by atoms with Gasteiger partial charge in [-0.3, -0.25) is 4.68 Å². The predicted molar refractivity (Wildman–Crippen MR) is 84.6 cm³/mol. The molecule has 19 heavy (non-hydrogen) atoms. The minimum absolute atomic E-state index is 0.657. The first kappa shape index (κ1) is 15.2. The van der Waals surface area contributed by atoms with Crippen LogP contribution >= 0.6 is 43.2 Å². The normalized spacial score (nSPS) is 13.2. The Balaban J connectivity index is 2.25. The van der Waals surface area contributed by atoms with Gasteiger partial charge in [-0.1, -0.05) is 0 Å². The third-order valence-electron chi connectivity index (χ3n) is 2.71. The molecule has 1 N–H and O–H groups in total. The minimum atomic E-state index is -0.657. The molecule has 0 aliphatic rings. The Bertz CT molecular complexity index is 553. The van der Waals surface area contributed by atoms with E-state index in [9.17, 15) is 5.11 Å². The average Bonchev–Trinajstić information content (AvgIpc) is 2.92. The van der Waals surface area contributed by atoms with E-state index in [1.54, 1.807) is 6.20 Å². The maximum atomic E-state index is 10.5. The number of aliphatic hydroxyl groups excluding tert-OH is 1. The zero-order valence-electron chi connectivity index (χ0n) is 10.7. The Morgan fingerprint density at radius 1 is 1.42 bits per heavy atom. The molecule has 2 aromatic heterocycles. The van der Waals surface area contributed by atoms with Crippen LogP contribution in [0.2, 0.25) is 0 Å². The number of halogens is 2. The number of rotatable bonds is 5. The molecule has 0 spiro atoms. The van der Waals surface area contributed by atoms with E-state index in [0.29, 0.717) is 0 Å². The second kappa shape index (κ2) is 6.49. The molecule has 0 radical (unpaired) electrons. The van der Waals surface area contributed by atoms with Crippen molar-refractivity contribution >= 4 is 43.2 Å². The Kier molecular flexibility index (Phi) is 5.19. The summed E-state index contributed by atoms with van der Waals surface area (Å²) in [6.45, 7) is 1.62. The van der Waals surface area contributed by atoms with Crippen molar-refractivity contribution in [2.24, 2.45) is 0 Å². The number of hydrogen-bond donors (Lipinski definition) is 1. The number of nitrogens with zero attached hydrogens (tertiary/aromatic N) is 3. The van der Waals surface area contributed by atoms with E-state index in [-0.39, 0.29) is 0 Å². The van der Waals surface area contributed by atoms with Crippen LogP contribution in [0.4, 0.5) is 0 Å². The summed E-state index contributed by atoms with van der Waals surface area (Å²) in [5.41, 5.74) is 0.802. The predicted octanol–water partition coefficient (Wildman–Crippen LogP) is 3.11. The summed E-state index contributed by atoms with van der Waals surface area (Å²) in [6, 6.07) is 3.87. The van der Waals surface area contributed by atoms with Crippen molar-refractivity contribution in [2.75, 3.05) is 20.6 Å². The number of likely N-dealkylation sites (N-methyl/N-ethyl adjacent to an activating group) is 1. The van der Waals surface area contributed by atoms with Crippen LogP contribution in [0.1, 0.15) is 16.7 Å². The summed E-state index contributed by atoms with van der Waals surface area (Å²) in [4.78, 5) is 2.99. The highest BCUT2D eigenvalue weighted by Crippen LogP contribution is 2.34. The zero-order chi connectivity index (χ0) is 14.0.